The van der Waals surface area contributed by atoms with Crippen molar-refractivity contribution in [2.75, 3.05) is 17.6 Å². The first kappa shape index (κ1) is 24.5. The van der Waals surface area contributed by atoms with Gasteiger partial charge in [-0.1, -0.05) is 48.0 Å². The molecule has 0 bridgehead atoms. The maximum Gasteiger partial charge on any atom is 0.254 e. The number of nitrogens with one attached hydrogen (secondary N) is 2. The van der Waals surface area contributed by atoms with Gasteiger partial charge in [-0.2, -0.15) is 0 Å². The molecule has 4 aromatic rings. The zero-order valence-electron chi connectivity index (χ0n) is 20.0. The predicted molar refractivity (Wildman–Crippen MR) is 141 cm³/mol. The molecule has 0 spiro atoms. The number of aromatic nitrogens is 1. The van der Waals surface area contributed by atoms with Crippen LogP contribution in [0.5, 0.6) is 0 Å². The minimum absolute atomic E-state index is 0.0335. The van der Waals surface area contributed by atoms with Crippen molar-refractivity contribution in [3.63, 3.8) is 0 Å². The minimum Gasteiger partial charge on any atom is -0.350 e. The molecule has 5 nitrogen and oxygen atoms in total. The zero-order chi connectivity index (χ0) is 24.9. The molecule has 1 aromatic heterocycles. The fourth-order valence-electron chi connectivity index (χ4n) is 4.24. The number of hydrogen-bond acceptors (Lipinski definition) is 3. The summed E-state index contributed by atoms with van der Waals surface area (Å²) in [6, 6.07) is 18.0. The van der Waals surface area contributed by atoms with Crippen molar-refractivity contribution in [3.05, 3.63) is 94.9 Å². The fraction of sp³-hybridized carbons (Fsp3) is 0.214. The van der Waals surface area contributed by atoms with Crippen LogP contribution >= 0.6 is 11.8 Å². The minimum atomic E-state index is -0.538. The van der Waals surface area contributed by atoms with E-state index in [2.05, 4.69) is 22.8 Å². The van der Waals surface area contributed by atoms with Gasteiger partial charge in [0.1, 0.15) is 5.82 Å². The maximum absolute atomic E-state index is 13.8. The van der Waals surface area contributed by atoms with E-state index in [1.807, 2.05) is 55.8 Å². The van der Waals surface area contributed by atoms with E-state index >= 15 is 0 Å². The van der Waals surface area contributed by atoms with Crippen molar-refractivity contribution >= 4 is 40.2 Å². The molecule has 1 heterocycles. The summed E-state index contributed by atoms with van der Waals surface area (Å²) < 4.78 is 15.9. The van der Waals surface area contributed by atoms with Gasteiger partial charge in [-0.3, -0.25) is 9.59 Å². The first-order chi connectivity index (χ1) is 16.8. The Kier molecular flexibility index (Phi) is 7.56. The first-order valence-corrected chi connectivity index (χ1v) is 12.4. The zero-order valence-corrected chi connectivity index (χ0v) is 20.8. The maximum atomic E-state index is 13.8. The van der Waals surface area contributed by atoms with Crippen LogP contribution in [0.1, 0.15) is 27.0 Å². The molecule has 0 radical (unpaired) electrons. The largest absolute Gasteiger partial charge is 0.350 e. The van der Waals surface area contributed by atoms with Crippen LogP contribution in [0.2, 0.25) is 0 Å². The van der Waals surface area contributed by atoms with Crippen LogP contribution in [0.15, 0.2) is 71.8 Å². The second-order valence-electron chi connectivity index (χ2n) is 8.55. The lowest BCUT2D eigenvalue weighted by molar-refractivity contribution is -0.113. The quantitative estimate of drug-likeness (QED) is 0.305. The molecule has 0 aliphatic heterocycles. The Hall–Kier alpha value is -3.58. The Morgan fingerprint density at radius 3 is 2.40 bits per heavy atom. The number of carbonyl (C=O) groups excluding carboxylic acids is 2. The molecule has 0 fully saturated rings. The molecule has 3 aromatic carbocycles. The summed E-state index contributed by atoms with van der Waals surface area (Å²) in [5.41, 5.74) is 5.19. The van der Waals surface area contributed by atoms with Gasteiger partial charge in [-0.05, 0) is 50.1 Å². The summed E-state index contributed by atoms with van der Waals surface area (Å²) in [6.07, 6.45) is 2.00. The predicted octanol–water partition coefficient (Wildman–Crippen LogP) is 5.87. The van der Waals surface area contributed by atoms with Crippen molar-refractivity contribution < 1.29 is 14.0 Å². The molecule has 0 aliphatic rings. The number of para-hydroxylation sites is 1. The summed E-state index contributed by atoms with van der Waals surface area (Å²) in [7, 11) is 0. The number of amides is 2. The highest BCUT2D eigenvalue weighted by Gasteiger charge is 2.14. The number of hydrogen-bond donors (Lipinski definition) is 2. The molecular weight excluding hydrogens is 461 g/mol. The van der Waals surface area contributed by atoms with Gasteiger partial charge in [0.2, 0.25) is 5.91 Å². The third-order valence-electron chi connectivity index (χ3n) is 5.81. The van der Waals surface area contributed by atoms with Gasteiger partial charge < -0.3 is 15.2 Å². The normalized spacial score (nSPS) is 11.0. The van der Waals surface area contributed by atoms with Gasteiger partial charge in [-0.15, -0.1) is 11.8 Å². The number of fused-ring (bicyclic) bond motifs is 1. The molecular formula is C28H28FN3O2S. The highest BCUT2D eigenvalue weighted by Crippen LogP contribution is 2.30. The fourth-order valence-corrected chi connectivity index (χ4v) is 5.13. The summed E-state index contributed by atoms with van der Waals surface area (Å²) >= 11 is 1.48. The summed E-state index contributed by atoms with van der Waals surface area (Å²) in [4.78, 5) is 26.0. The lowest BCUT2D eigenvalue weighted by atomic mass is 10.1. The van der Waals surface area contributed by atoms with Crippen LogP contribution in [0.3, 0.4) is 0 Å². The van der Waals surface area contributed by atoms with Crippen molar-refractivity contribution in [3.8, 4) is 0 Å². The molecule has 0 aliphatic carbocycles. The van der Waals surface area contributed by atoms with Crippen LogP contribution in [0.4, 0.5) is 10.1 Å². The molecule has 2 amide bonds. The lowest BCUT2D eigenvalue weighted by Gasteiger charge is -2.12. The average Bonchev–Trinajstić information content (AvgIpc) is 3.18. The Balaban J connectivity index is 1.41. The van der Waals surface area contributed by atoms with Gasteiger partial charge in [-0.25, -0.2) is 4.39 Å². The second kappa shape index (κ2) is 10.8. The number of rotatable bonds is 8. The standard InChI is InChI=1S/C28H28FN3O2S/c1-18-14-19(2)27(20(3)15-18)31-26(33)17-35-25-16-32(24-11-7-5-9-22(24)25)13-12-30-28(34)21-8-4-6-10-23(21)29/h4-11,14-16H,12-13,17H2,1-3H3,(H,30,34)(H,31,33). The molecule has 0 saturated heterocycles. The Labute approximate surface area is 208 Å². The number of aryl methyl sites for hydroxylation is 3. The van der Waals surface area contributed by atoms with E-state index in [1.165, 1.54) is 29.5 Å². The number of nitrogens with zero attached hydrogens (tertiary/aromatic N) is 1. The van der Waals surface area contributed by atoms with E-state index in [0.717, 1.165) is 32.6 Å². The van der Waals surface area contributed by atoms with Crippen molar-refractivity contribution in [2.24, 2.45) is 0 Å². The van der Waals surface area contributed by atoms with Crippen LogP contribution < -0.4 is 10.6 Å². The molecule has 4 rings (SSSR count). The van der Waals surface area contributed by atoms with E-state index in [-0.39, 0.29) is 17.2 Å². The molecule has 180 valence electrons. The smallest absolute Gasteiger partial charge is 0.254 e. The van der Waals surface area contributed by atoms with E-state index in [1.54, 1.807) is 12.1 Å². The molecule has 35 heavy (non-hydrogen) atoms. The number of anilines is 1. The second-order valence-corrected chi connectivity index (χ2v) is 9.57. The average molecular weight is 490 g/mol. The van der Waals surface area contributed by atoms with Crippen LogP contribution in [0.25, 0.3) is 10.9 Å². The molecule has 0 saturated carbocycles. The van der Waals surface area contributed by atoms with E-state index in [0.29, 0.717) is 13.1 Å². The van der Waals surface area contributed by atoms with Crippen molar-refractivity contribution in [1.29, 1.82) is 0 Å². The molecule has 0 unspecified atom stereocenters. The molecule has 7 heteroatoms. The third-order valence-corrected chi connectivity index (χ3v) is 6.85. The monoisotopic (exact) mass is 489 g/mol. The van der Waals surface area contributed by atoms with Gasteiger partial charge in [0.15, 0.2) is 0 Å². The Bertz CT molecular complexity index is 1370. The number of thioether (sulfide) groups is 1. The Morgan fingerprint density at radius 2 is 1.66 bits per heavy atom. The SMILES string of the molecule is Cc1cc(C)c(NC(=O)CSc2cn(CCNC(=O)c3ccccc3F)c3ccccc23)c(C)c1. The summed E-state index contributed by atoms with van der Waals surface area (Å²) in [6.45, 7) is 6.92. The van der Waals surface area contributed by atoms with E-state index in [4.69, 9.17) is 0 Å². The summed E-state index contributed by atoms with van der Waals surface area (Å²) in [5, 5.41) is 6.89. The van der Waals surface area contributed by atoms with Crippen LogP contribution in [-0.2, 0) is 11.3 Å². The summed E-state index contributed by atoms with van der Waals surface area (Å²) in [5.74, 6) is -0.749. The highest BCUT2D eigenvalue weighted by atomic mass is 32.2. The van der Waals surface area contributed by atoms with Gasteiger partial charge in [0, 0.05) is 40.8 Å². The van der Waals surface area contributed by atoms with Crippen LogP contribution in [-0.4, -0.2) is 28.7 Å². The Morgan fingerprint density at radius 1 is 0.971 bits per heavy atom. The highest BCUT2D eigenvalue weighted by molar-refractivity contribution is 8.00. The number of benzene rings is 3. The van der Waals surface area contributed by atoms with Crippen molar-refractivity contribution in [2.45, 2.75) is 32.2 Å². The topological polar surface area (TPSA) is 63.1 Å². The van der Waals surface area contributed by atoms with Gasteiger partial charge in [0.05, 0.1) is 11.3 Å². The molecule has 0 atom stereocenters. The first-order valence-electron chi connectivity index (χ1n) is 11.4. The van der Waals surface area contributed by atoms with Gasteiger partial charge in [0.25, 0.3) is 5.91 Å². The number of carbonyl (C=O) groups is 2. The number of halogens is 1. The molecule has 2 N–H and O–H groups in total. The van der Waals surface area contributed by atoms with Crippen molar-refractivity contribution in [1.82, 2.24) is 9.88 Å². The van der Waals surface area contributed by atoms with Crippen LogP contribution in [0, 0.1) is 26.6 Å². The van der Waals surface area contributed by atoms with E-state index in [9.17, 15) is 14.0 Å². The lowest BCUT2D eigenvalue weighted by Crippen LogP contribution is -2.27. The van der Waals surface area contributed by atoms with E-state index < -0.39 is 11.7 Å². The third kappa shape index (κ3) is 5.74. The van der Waals surface area contributed by atoms with Gasteiger partial charge >= 0.3 is 0 Å².